The molecule has 8 heteroatoms. The first-order chi connectivity index (χ1) is 12.8. The lowest BCUT2D eigenvalue weighted by Crippen LogP contribution is -2.41. The molecule has 2 aromatic rings. The number of fused-ring (bicyclic) bond motifs is 1. The fourth-order valence-electron chi connectivity index (χ4n) is 2.55. The summed E-state index contributed by atoms with van der Waals surface area (Å²) in [6.07, 6.45) is 0.727. The number of sulfonamides is 1. The molecule has 3 rings (SSSR count). The van der Waals surface area contributed by atoms with Crippen LogP contribution < -0.4 is 19.5 Å². The van der Waals surface area contributed by atoms with Crippen LogP contribution in [0.3, 0.4) is 0 Å². The zero-order valence-electron chi connectivity index (χ0n) is 15.2. The second-order valence-electron chi connectivity index (χ2n) is 6.36. The van der Waals surface area contributed by atoms with Crippen LogP contribution in [0.5, 0.6) is 11.5 Å². The molecule has 0 saturated carbocycles. The third kappa shape index (κ3) is 4.78. The van der Waals surface area contributed by atoms with Crippen LogP contribution in [0.25, 0.3) is 0 Å². The smallest absolute Gasteiger partial charge is 0.242 e. The van der Waals surface area contributed by atoms with Gasteiger partial charge in [0.1, 0.15) is 0 Å². The van der Waals surface area contributed by atoms with Crippen LogP contribution in [0, 0.1) is 6.92 Å². The van der Waals surface area contributed by atoms with Crippen molar-refractivity contribution in [3.8, 4) is 11.5 Å². The van der Waals surface area contributed by atoms with E-state index in [9.17, 15) is 13.2 Å². The van der Waals surface area contributed by atoms with Gasteiger partial charge in [0, 0.05) is 18.2 Å². The lowest BCUT2D eigenvalue weighted by atomic mass is 10.2. The molecule has 0 unspecified atom stereocenters. The molecule has 7 nitrogen and oxygen atoms in total. The second kappa shape index (κ2) is 7.98. The van der Waals surface area contributed by atoms with Gasteiger partial charge in [0.2, 0.25) is 15.9 Å². The van der Waals surface area contributed by atoms with Crippen molar-refractivity contribution >= 4 is 21.6 Å². The van der Waals surface area contributed by atoms with Gasteiger partial charge in [0.25, 0.3) is 0 Å². The summed E-state index contributed by atoms with van der Waals surface area (Å²) in [6.45, 7) is 4.41. The van der Waals surface area contributed by atoms with Crippen molar-refractivity contribution in [2.45, 2.75) is 31.2 Å². The summed E-state index contributed by atoms with van der Waals surface area (Å²) in [7, 11) is -3.90. The maximum atomic E-state index is 12.6. The molecular weight excluding hydrogens is 368 g/mol. The van der Waals surface area contributed by atoms with Gasteiger partial charge in [-0.15, -0.1) is 0 Å². The SMILES string of the molecule is Cc1ccc(NC(=O)[C@H](C)NS(=O)(=O)c2ccc3c(c2)OCCCO3)cc1. The minimum Gasteiger partial charge on any atom is -0.490 e. The fourth-order valence-corrected chi connectivity index (χ4v) is 3.77. The Kier molecular flexibility index (Phi) is 5.67. The number of rotatable bonds is 5. The molecule has 1 amide bonds. The van der Waals surface area contributed by atoms with Crippen molar-refractivity contribution in [1.29, 1.82) is 0 Å². The summed E-state index contributed by atoms with van der Waals surface area (Å²) in [6, 6.07) is 10.7. The highest BCUT2D eigenvalue weighted by atomic mass is 32.2. The average molecular weight is 390 g/mol. The first-order valence-corrected chi connectivity index (χ1v) is 10.1. The van der Waals surface area contributed by atoms with Crippen LogP contribution in [0.15, 0.2) is 47.4 Å². The summed E-state index contributed by atoms with van der Waals surface area (Å²) in [5.74, 6) is 0.445. The Labute approximate surface area is 158 Å². The second-order valence-corrected chi connectivity index (χ2v) is 8.07. The van der Waals surface area contributed by atoms with Crippen LogP contribution in [0.4, 0.5) is 5.69 Å². The quantitative estimate of drug-likeness (QED) is 0.818. The first kappa shape index (κ1) is 19.2. The molecule has 2 aromatic carbocycles. The summed E-state index contributed by atoms with van der Waals surface area (Å²) >= 11 is 0. The van der Waals surface area contributed by atoms with Gasteiger partial charge in [-0.05, 0) is 38.1 Å². The van der Waals surface area contributed by atoms with Crippen molar-refractivity contribution in [1.82, 2.24) is 4.72 Å². The molecule has 2 N–H and O–H groups in total. The van der Waals surface area contributed by atoms with Crippen molar-refractivity contribution in [3.63, 3.8) is 0 Å². The minimum absolute atomic E-state index is 0.0155. The van der Waals surface area contributed by atoms with Gasteiger partial charge < -0.3 is 14.8 Å². The Hall–Kier alpha value is -2.58. The topological polar surface area (TPSA) is 93.7 Å². The highest BCUT2D eigenvalue weighted by Gasteiger charge is 2.24. The maximum absolute atomic E-state index is 12.6. The van der Waals surface area contributed by atoms with Gasteiger partial charge in [-0.1, -0.05) is 17.7 Å². The Balaban J connectivity index is 1.70. The Bertz CT molecular complexity index is 926. The molecule has 0 bridgehead atoms. The van der Waals surface area contributed by atoms with Crippen molar-refractivity contribution in [3.05, 3.63) is 48.0 Å². The molecule has 27 heavy (non-hydrogen) atoms. The summed E-state index contributed by atoms with van der Waals surface area (Å²) in [5, 5.41) is 2.69. The molecule has 1 aliphatic heterocycles. The molecule has 0 radical (unpaired) electrons. The molecule has 1 aliphatic rings. The summed E-state index contributed by atoms with van der Waals surface area (Å²) in [4.78, 5) is 12.3. The highest BCUT2D eigenvalue weighted by Crippen LogP contribution is 2.31. The van der Waals surface area contributed by atoms with Crippen molar-refractivity contribution in [2.24, 2.45) is 0 Å². The van der Waals surface area contributed by atoms with E-state index in [-0.39, 0.29) is 4.90 Å². The van der Waals surface area contributed by atoms with Gasteiger partial charge in [-0.25, -0.2) is 8.42 Å². The Morgan fingerprint density at radius 3 is 2.41 bits per heavy atom. The predicted molar refractivity (Wildman–Crippen MR) is 102 cm³/mol. The van der Waals surface area contributed by atoms with E-state index in [4.69, 9.17) is 9.47 Å². The largest absolute Gasteiger partial charge is 0.490 e. The van der Waals surface area contributed by atoms with E-state index < -0.39 is 22.0 Å². The monoisotopic (exact) mass is 390 g/mol. The van der Waals surface area contributed by atoms with E-state index in [0.717, 1.165) is 12.0 Å². The van der Waals surface area contributed by atoms with E-state index in [0.29, 0.717) is 30.4 Å². The first-order valence-electron chi connectivity index (χ1n) is 8.65. The lowest BCUT2D eigenvalue weighted by Gasteiger charge is -2.15. The third-order valence-electron chi connectivity index (χ3n) is 4.07. The van der Waals surface area contributed by atoms with Crippen LogP contribution in [0.2, 0.25) is 0 Å². The van der Waals surface area contributed by atoms with E-state index in [1.807, 2.05) is 19.1 Å². The Morgan fingerprint density at radius 1 is 1.04 bits per heavy atom. The number of hydrogen-bond donors (Lipinski definition) is 2. The molecule has 0 fully saturated rings. The Morgan fingerprint density at radius 2 is 1.70 bits per heavy atom. The normalized spacial score (nSPS) is 14.9. The van der Waals surface area contributed by atoms with Gasteiger partial charge in [0.15, 0.2) is 11.5 Å². The van der Waals surface area contributed by atoms with E-state index in [1.54, 1.807) is 18.2 Å². The number of carbonyl (C=O) groups is 1. The molecule has 0 saturated heterocycles. The van der Waals surface area contributed by atoms with Gasteiger partial charge >= 0.3 is 0 Å². The van der Waals surface area contributed by atoms with Crippen LogP contribution in [-0.2, 0) is 14.8 Å². The predicted octanol–water partition coefficient (Wildman–Crippen LogP) is 2.46. The molecule has 0 aliphatic carbocycles. The summed E-state index contributed by atoms with van der Waals surface area (Å²) < 4.78 is 38.7. The number of hydrogen-bond acceptors (Lipinski definition) is 5. The standard InChI is InChI=1S/C19H22N2O5S/c1-13-4-6-15(7-5-13)20-19(22)14(2)21-27(23,24)16-8-9-17-18(12-16)26-11-3-10-25-17/h4-9,12,14,21H,3,10-11H2,1-2H3,(H,20,22)/t14-/m0/s1. The number of benzene rings is 2. The average Bonchev–Trinajstić information content (AvgIpc) is 2.88. The molecule has 0 spiro atoms. The van der Waals surface area contributed by atoms with Crippen molar-refractivity contribution in [2.75, 3.05) is 18.5 Å². The molecule has 0 aromatic heterocycles. The number of nitrogens with one attached hydrogen (secondary N) is 2. The van der Waals surface area contributed by atoms with E-state index in [2.05, 4.69) is 10.0 Å². The lowest BCUT2D eigenvalue weighted by molar-refractivity contribution is -0.117. The number of anilines is 1. The zero-order valence-corrected chi connectivity index (χ0v) is 16.0. The molecular formula is C19H22N2O5S. The number of ether oxygens (including phenoxy) is 2. The van der Waals surface area contributed by atoms with Crippen molar-refractivity contribution < 1.29 is 22.7 Å². The zero-order chi connectivity index (χ0) is 19.4. The summed E-state index contributed by atoms with van der Waals surface area (Å²) in [5.41, 5.74) is 1.67. The molecule has 144 valence electrons. The third-order valence-corrected chi connectivity index (χ3v) is 5.61. The number of aryl methyl sites for hydroxylation is 1. The highest BCUT2D eigenvalue weighted by molar-refractivity contribution is 7.89. The van der Waals surface area contributed by atoms with Gasteiger partial charge in [-0.2, -0.15) is 4.72 Å². The van der Waals surface area contributed by atoms with Gasteiger partial charge in [-0.3, -0.25) is 4.79 Å². The fraction of sp³-hybridized carbons (Fsp3) is 0.316. The maximum Gasteiger partial charge on any atom is 0.242 e. The van der Waals surface area contributed by atoms with Gasteiger partial charge in [0.05, 0.1) is 24.2 Å². The van der Waals surface area contributed by atoms with Crippen LogP contribution >= 0.6 is 0 Å². The number of amides is 1. The van der Waals surface area contributed by atoms with E-state index >= 15 is 0 Å². The minimum atomic E-state index is -3.90. The van der Waals surface area contributed by atoms with Crippen LogP contribution in [0.1, 0.15) is 18.9 Å². The number of carbonyl (C=O) groups excluding carboxylic acids is 1. The van der Waals surface area contributed by atoms with Crippen LogP contribution in [-0.4, -0.2) is 33.6 Å². The molecule has 1 atom stereocenters. The van der Waals surface area contributed by atoms with E-state index in [1.165, 1.54) is 19.1 Å². The molecule has 1 heterocycles.